The lowest BCUT2D eigenvalue weighted by Gasteiger charge is -2.50. The highest BCUT2D eigenvalue weighted by atomic mass is 32.2. The number of amides is 2. The second-order valence-electron chi connectivity index (χ2n) is 14.4. The molecule has 0 aromatic heterocycles. The number of sulfone groups is 1. The van der Waals surface area contributed by atoms with E-state index in [9.17, 15) is 31.2 Å². The van der Waals surface area contributed by atoms with Crippen molar-refractivity contribution in [1.82, 2.24) is 14.7 Å². The van der Waals surface area contributed by atoms with Crippen LogP contribution in [0.3, 0.4) is 0 Å². The maximum absolute atomic E-state index is 13.8. The van der Waals surface area contributed by atoms with Gasteiger partial charge in [-0.05, 0) is 68.2 Å². The summed E-state index contributed by atoms with van der Waals surface area (Å²) in [6.45, 7) is 14.4. The van der Waals surface area contributed by atoms with Gasteiger partial charge in [0.05, 0.1) is 10.9 Å². The van der Waals surface area contributed by atoms with Gasteiger partial charge in [-0.2, -0.15) is 13.2 Å². The van der Waals surface area contributed by atoms with Crippen molar-refractivity contribution in [3.05, 3.63) is 65.7 Å². The van der Waals surface area contributed by atoms with Crippen LogP contribution in [-0.4, -0.2) is 85.0 Å². The number of piperazine rings is 1. The van der Waals surface area contributed by atoms with Crippen molar-refractivity contribution in [3.8, 4) is 0 Å². The Kier molecular flexibility index (Phi) is 10.5. The molecule has 0 radical (unpaired) electrons. The van der Waals surface area contributed by atoms with Gasteiger partial charge < -0.3 is 14.5 Å². The highest BCUT2D eigenvalue weighted by Gasteiger charge is 2.47. The summed E-state index contributed by atoms with van der Waals surface area (Å²) in [5.74, 6) is 0.238. The number of halogens is 3. The second-order valence-corrected chi connectivity index (χ2v) is 16.4. The molecule has 0 spiro atoms. The minimum Gasteiger partial charge on any atom is -0.444 e. The molecule has 2 aliphatic heterocycles. The van der Waals surface area contributed by atoms with Crippen molar-refractivity contribution in [2.75, 3.05) is 32.7 Å². The van der Waals surface area contributed by atoms with Crippen LogP contribution < -0.4 is 0 Å². The van der Waals surface area contributed by atoms with Crippen LogP contribution in [0.1, 0.15) is 78.0 Å². The van der Waals surface area contributed by atoms with Gasteiger partial charge >= 0.3 is 11.6 Å². The molecule has 46 heavy (non-hydrogen) atoms. The number of piperidine rings is 1. The molecule has 0 bridgehead atoms. The summed E-state index contributed by atoms with van der Waals surface area (Å²) in [6.07, 6.45) is 1.51. The minimum absolute atomic E-state index is 0.0771. The van der Waals surface area contributed by atoms with E-state index in [0.29, 0.717) is 44.7 Å². The number of benzene rings is 2. The Bertz CT molecular complexity index is 1460. The van der Waals surface area contributed by atoms with Gasteiger partial charge in [0.25, 0.3) is 9.84 Å². The lowest BCUT2D eigenvalue weighted by molar-refractivity contribution is -0.141. The fraction of sp³-hybridized carbons (Fsp3) is 0.588. The van der Waals surface area contributed by atoms with Crippen molar-refractivity contribution in [3.63, 3.8) is 0 Å². The number of hydrogen-bond donors (Lipinski definition) is 0. The molecule has 254 valence electrons. The van der Waals surface area contributed by atoms with Crippen molar-refractivity contribution in [2.45, 2.75) is 88.9 Å². The van der Waals surface area contributed by atoms with Crippen LogP contribution in [0.2, 0.25) is 0 Å². The van der Waals surface area contributed by atoms with Gasteiger partial charge in [-0.3, -0.25) is 9.69 Å². The highest BCUT2D eigenvalue weighted by Crippen LogP contribution is 2.37. The van der Waals surface area contributed by atoms with Crippen LogP contribution in [-0.2, 0) is 19.4 Å². The molecule has 2 aromatic rings. The van der Waals surface area contributed by atoms with E-state index >= 15 is 0 Å². The van der Waals surface area contributed by atoms with E-state index in [-0.39, 0.29) is 35.4 Å². The molecule has 8 nitrogen and oxygen atoms in total. The maximum atomic E-state index is 13.8. The Hall–Kier alpha value is -3.12. The van der Waals surface area contributed by atoms with Gasteiger partial charge in [0, 0.05) is 45.2 Å². The highest BCUT2D eigenvalue weighted by molar-refractivity contribution is 7.92. The molecule has 0 saturated carbocycles. The van der Waals surface area contributed by atoms with Crippen LogP contribution in [0.25, 0.3) is 0 Å². The zero-order chi connectivity index (χ0) is 34.1. The van der Waals surface area contributed by atoms with E-state index in [0.717, 1.165) is 30.5 Å². The SMILES string of the molecule is CC(C)(C)OC(=O)N1CCC(CC(=O)N2CCN(C(c3ccccc3)c3ccc(S(=O)(=O)C(F)(F)F)cc3)C[C@@H]2C(C)(C)C)CC1. The third-order valence-corrected chi connectivity index (χ3v) is 10.3. The molecule has 0 aliphatic carbocycles. The Labute approximate surface area is 270 Å². The van der Waals surface area contributed by atoms with Gasteiger partial charge in [-0.15, -0.1) is 0 Å². The number of hydrogen-bond acceptors (Lipinski definition) is 6. The fourth-order valence-corrected chi connectivity index (χ4v) is 7.06. The second kappa shape index (κ2) is 13.5. The topological polar surface area (TPSA) is 87.2 Å². The molecular weight excluding hydrogens is 619 g/mol. The van der Waals surface area contributed by atoms with Crippen LogP contribution in [0.5, 0.6) is 0 Å². The number of nitrogens with zero attached hydrogens (tertiary/aromatic N) is 3. The molecular formula is C34H46F3N3O5S. The van der Waals surface area contributed by atoms with Crippen LogP contribution in [0, 0.1) is 11.3 Å². The number of likely N-dealkylation sites (tertiary alicyclic amines) is 1. The Morgan fingerprint density at radius 2 is 1.41 bits per heavy atom. The molecule has 2 saturated heterocycles. The standard InChI is InChI=1S/C34H46F3N3O5S/c1-32(2,3)28-23-39(20-21-40(28)29(41)22-24-16-18-38(19-17-24)31(42)45-33(4,5)6)30(25-10-8-7-9-11-25)26-12-14-27(15-13-26)46(43,44)34(35,36)37/h7-15,24,28,30H,16-23H2,1-6H3/t28-,30?/m1/s1. The van der Waals surface area contributed by atoms with Crippen molar-refractivity contribution >= 4 is 21.8 Å². The van der Waals surface area contributed by atoms with Crippen LogP contribution in [0.15, 0.2) is 59.5 Å². The first-order chi connectivity index (χ1) is 21.3. The van der Waals surface area contributed by atoms with E-state index in [2.05, 4.69) is 25.7 Å². The average Bonchev–Trinajstić information content (AvgIpc) is 2.96. The number of alkyl halides is 3. The monoisotopic (exact) mass is 665 g/mol. The summed E-state index contributed by atoms with van der Waals surface area (Å²) in [5, 5.41) is 0. The van der Waals surface area contributed by atoms with Gasteiger partial charge in [0.15, 0.2) is 0 Å². The molecule has 2 atom stereocenters. The third-order valence-electron chi connectivity index (χ3n) is 8.75. The van der Waals surface area contributed by atoms with E-state index in [1.807, 2.05) is 56.0 Å². The Morgan fingerprint density at radius 1 is 0.848 bits per heavy atom. The first-order valence-electron chi connectivity index (χ1n) is 15.8. The van der Waals surface area contributed by atoms with Gasteiger partial charge in [0.2, 0.25) is 5.91 Å². The number of ether oxygens (including phenoxy) is 1. The summed E-state index contributed by atoms with van der Waals surface area (Å²) >= 11 is 0. The predicted octanol–water partition coefficient (Wildman–Crippen LogP) is 6.67. The molecule has 0 N–H and O–H groups in total. The number of carbonyl (C=O) groups excluding carboxylic acids is 2. The zero-order valence-corrected chi connectivity index (χ0v) is 28.3. The Balaban J connectivity index is 1.51. The van der Waals surface area contributed by atoms with Gasteiger partial charge in [-0.1, -0.05) is 63.2 Å². The lowest BCUT2D eigenvalue weighted by Crippen LogP contribution is -2.60. The fourth-order valence-electron chi connectivity index (χ4n) is 6.30. The molecule has 4 rings (SSSR count). The van der Waals surface area contributed by atoms with Gasteiger partial charge in [-0.25, -0.2) is 13.2 Å². The van der Waals surface area contributed by atoms with Crippen molar-refractivity contribution < 1.29 is 35.9 Å². The summed E-state index contributed by atoms with van der Waals surface area (Å²) in [5.41, 5.74) is -4.65. The van der Waals surface area contributed by atoms with Gasteiger partial charge in [0.1, 0.15) is 5.60 Å². The molecule has 2 fully saturated rings. The molecule has 12 heteroatoms. The molecule has 1 unspecified atom stereocenters. The summed E-state index contributed by atoms with van der Waals surface area (Å²) < 4.78 is 69.1. The van der Waals surface area contributed by atoms with Crippen molar-refractivity contribution in [2.24, 2.45) is 11.3 Å². The summed E-state index contributed by atoms with van der Waals surface area (Å²) in [4.78, 5) is 31.4. The predicted molar refractivity (Wildman–Crippen MR) is 170 cm³/mol. The minimum atomic E-state index is -5.46. The smallest absolute Gasteiger partial charge is 0.444 e. The van der Waals surface area contributed by atoms with Crippen LogP contribution in [0.4, 0.5) is 18.0 Å². The summed E-state index contributed by atoms with van der Waals surface area (Å²) in [6, 6.07) is 14.0. The first kappa shape index (κ1) is 35.7. The first-order valence-corrected chi connectivity index (χ1v) is 17.2. The zero-order valence-electron chi connectivity index (χ0n) is 27.5. The average molecular weight is 666 g/mol. The van der Waals surface area contributed by atoms with Crippen molar-refractivity contribution in [1.29, 1.82) is 0 Å². The summed E-state index contributed by atoms with van der Waals surface area (Å²) in [7, 11) is -5.46. The lowest BCUT2D eigenvalue weighted by atomic mass is 9.82. The molecule has 2 amide bonds. The number of rotatable bonds is 6. The molecule has 2 aromatic carbocycles. The van der Waals surface area contributed by atoms with E-state index in [4.69, 9.17) is 4.74 Å². The third kappa shape index (κ3) is 8.42. The van der Waals surface area contributed by atoms with E-state index < -0.39 is 25.8 Å². The molecule has 2 heterocycles. The quantitative estimate of drug-likeness (QED) is 0.343. The Morgan fingerprint density at radius 3 is 1.93 bits per heavy atom. The number of carbonyl (C=O) groups is 2. The maximum Gasteiger partial charge on any atom is 0.501 e. The van der Waals surface area contributed by atoms with E-state index in [1.165, 1.54) is 12.1 Å². The normalized spacial score (nSPS) is 20.0. The largest absolute Gasteiger partial charge is 0.501 e. The van der Waals surface area contributed by atoms with Crippen LogP contribution >= 0.6 is 0 Å². The molecule has 2 aliphatic rings. The van der Waals surface area contributed by atoms with E-state index in [1.54, 1.807) is 4.90 Å².